The van der Waals surface area contributed by atoms with Gasteiger partial charge in [-0.3, -0.25) is 0 Å². The summed E-state index contributed by atoms with van der Waals surface area (Å²) in [6.45, 7) is 4.20. The summed E-state index contributed by atoms with van der Waals surface area (Å²) in [7, 11) is 0. The van der Waals surface area contributed by atoms with Crippen LogP contribution in [0.3, 0.4) is 0 Å². The second kappa shape index (κ2) is 3.05. The molecule has 2 rings (SSSR count). The van der Waals surface area contributed by atoms with E-state index in [4.69, 9.17) is 4.52 Å². The number of hydrogen-bond acceptors (Lipinski definition) is 2. The van der Waals surface area contributed by atoms with E-state index in [1.807, 2.05) is 6.07 Å². The van der Waals surface area contributed by atoms with E-state index in [-0.39, 0.29) is 0 Å². The molecule has 66 valence electrons. The summed E-state index contributed by atoms with van der Waals surface area (Å²) in [5.74, 6) is 0. The fourth-order valence-corrected chi connectivity index (χ4v) is 1.26. The molecule has 0 saturated heterocycles. The van der Waals surface area contributed by atoms with E-state index >= 15 is 0 Å². The third-order valence-corrected chi connectivity index (χ3v) is 2.24. The summed E-state index contributed by atoms with van der Waals surface area (Å²) in [5, 5.41) is 3.88. The van der Waals surface area contributed by atoms with Crippen LogP contribution in [-0.4, -0.2) is 5.16 Å². The van der Waals surface area contributed by atoms with E-state index in [9.17, 15) is 0 Å². The van der Waals surface area contributed by atoms with Gasteiger partial charge in [0.1, 0.15) is 12.0 Å². The molecular formula is C11H11NO. The minimum atomic E-state index is 0.892. The normalized spacial score (nSPS) is 10.3. The van der Waals surface area contributed by atoms with Crippen molar-refractivity contribution < 1.29 is 4.52 Å². The number of benzene rings is 1. The summed E-state index contributed by atoms with van der Waals surface area (Å²) >= 11 is 0. The molecule has 0 radical (unpaired) electrons. The van der Waals surface area contributed by atoms with Crippen LogP contribution in [0.15, 0.2) is 35.1 Å². The van der Waals surface area contributed by atoms with Gasteiger partial charge in [0.2, 0.25) is 0 Å². The molecule has 0 atom stereocenters. The lowest BCUT2D eigenvalue weighted by Crippen LogP contribution is -1.82. The maximum absolute atomic E-state index is 4.79. The summed E-state index contributed by atoms with van der Waals surface area (Å²) in [6, 6.07) is 8.14. The number of aromatic nitrogens is 1. The van der Waals surface area contributed by atoms with Crippen LogP contribution in [0.5, 0.6) is 0 Å². The number of nitrogens with zero attached hydrogens (tertiary/aromatic N) is 1. The van der Waals surface area contributed by atoms with Crippen molar-refractivity contribution in [2.24, 2.45) is 0 Å². The molecule has 0 bridgehead atoms. The predicted molar refractivity (Wildman–Crippen MR) is 51.4 cm³/mol. The Bertz CT molecular complexity index is 404. The first-order valence-corrected chi connectivity index (χ1v) is 4.25. The molecule has 0 N–H and O–H groups in total. The topological polar surface area (TPSA) is 26.0 Å². The van der Waals surface area contributed by atoms with Gasteiger partial charge in [-0.15, -0.1) is 0 Å². The van der Waals surface area contributed by atoms with Crippen LogP contribution in [0.4, 0.5) is 0 Å². The van der Waals surface area contributed by atoms with Crippen molar-refractivity contribution in [1.29, 1.82) is 0 Å². The van der Waals surface area contributed by atoms with Gasteiger partial charge in [0, 0.05) is 11.6 Å². The van der Waals surface area contributed by atoms with E-state index in [2.05, 4.69) is 37.2 Å². The highest BCUT2D eigenvalue weighted by molar-refractivity contribution is 5.59. The van der Waals surface area contributed by atoms with Crippen molar-refractivity contribution in [3.05, 3.63) is 41.7 Å². The van der Waals surface area contributed by atoms with Crippen molar-refractivity contribution in [3.8, 4) is 11.3 Å². The van der Waals surface area contributed by atoms with Gasteiger partial charge < -0.3 is 4.52 Å². The number of aryl methyl sites for hydroxylation is 2. The molecule has 1 aromatic heterocycles. The van der Waals surface area contributed by atoms with Crippen molar-refractivity contribution in [3.63, 3.8) is 0 Å². The zero-order chi connectivity index (χ0) is 9.26. The number of rotatable bonds is 1. The lowest BCUT2D eigenvalue weighted by atomic mass is 10.0. The Hall–Kier alpha value is -1.57. The summed E-state index contributed by atoms with van der Waals surface area (Å²) < 4.78 is 4.79. The van der Waals surface area contributed by atoms with Crippen LogP contribution >= 0.6 is 0 Å². The Morgan fingerprint density at radius 2 is 1.92 bits per heavy atom. The fourth-order valence-electron chi connectivity index (χ4n) is 1.26. The van der Waals surface area contributed by atoms with Gasteiger partial charge in [-0.05, 0) is 31.0 Å². The predicted octanol–water partition coefficient (Wildman–Crippen LogP) is 2.96. The van der Waals surface area contributed by atoms with Crippen LogP contribution in [-0.2, 0) is 0 Å². The quantitative estimate of drug-likeness (QED) is 0.662. The molecule has 2 aromatic rings. The fraction of sp³-hybridized carbons (Fsp3) is 0.182. The van der Waals surface area contributed by atoms with Gasteiger partial charge in [-0.25, -0.2) is 0 Å². The molecule has 1 heterocycles. The highest BCUT2D eigenvalue weighted by Crippen LogP contribution is 2.19. The minimum absolute atomic E-state index is 0.892. The van der Waals surface area contributed by atoms with Crippen molar-refractivity contribution in [1.82, 2.24) is 5.16 Å². The van der Waals surface area contributed by atoms with Gasteiger partial charge in [0.15, 0.2) is 0 Å². The standard InChI is InChI=1S/C11H11NO/c1-8-3-4-10(7-9(8)2)11-5-6-13-12-11/h3-7H,1-2H3. The molecule has 0 fully saturated rings. The third-order valence-electron chi connectivity index (χ3n) is 2.24. The van der Waals surface area contributed by atoms with Crippen molar-refractivity contribution >= 4 is 0 Å². The Balaban J connectivity index is 2.49. The molecule has 0 aliphatic rings. The molecule has 13 heavy (non-hydrogen) atoms. The largest absolute Gasteiger partial charge is 0.364 e. The molecule has 0 unspecified atom stereocenters. The van der Waals surface area contributed by atoms with Gasteiger partial charge in [0.05, 0.1) is 0 Å². The first-order chi connectivity index (χ1) is 6.27. The van der Waals surface area contributed by atoms with E-state index in [1.54, 1.807) is 6.26 Å². The van der Waals surface area contributed by atoms with Gasteiger partial charge in [-0.1, -0.05) is 17.3 Å². The van der Waals surface area contributed by atoms with Gasteiger partial charge in [0.25, 0.3) is 0 Å². The second-order valence-corrected chi connectivity index (χ2v) is 3.18. The van der Waals surface area contributed by atoms with Crippen molar-refractivity contribution in [2.75, 3.05) is 0 Å². The van der Waals surface area contributed by atoms with Crippen LogP contribution in [0.2, 0.25) is 0 Å². The molecular weight excluding hydrogens is 162 g/mol. The Morgan fingerprint density at radius 1 is 1.08 bits per heavy atom. The molecule has 0 aliphatic carbocycles. The molecule has 0 amide bonds. The van der Waals surface area contributed by atoms with Crippen LogP contribution < -0.4 is 0 Å². The van der Waals surface area contributed by atoms with E-state index in [0.29, 0.717) is 0 Å². The molecule has 0 aliphatic heterocycles. The highest BCUT2D eigenvalue weighted by Gasteiger charge is 2.01. The number of hydrogen-bond donors (Lipinski definition) is 0. The molecule has 2 heteroatoms. The van der Waals surface area contributed by atoms with Crippen LogP contribution in [0.25, 0.3) is 11.3 Å². The van der Waals surface area contributed by atoms with Crippen LogP contribution in [0.1, 0.15) is 11.1 Å². The average Bonchev–Trinajstić information content (AvgIpc) is 2.62. The molecule has 0 saturated carbocycles. The minimum Gasteiger partial charge on any atom is -0.364 e. The molecule has 2 nitrogen and oxygen atoms in total. The van der Waals surface area contributed by atoms with Crippen molar-refractivity contribution in [2.45, 2.75) is 13.8 Å². The third kappa shape index (κ3) is 1.47. The van der Waals surface area contributed by atoms with Gasteiger partial charge in [-0.2, -0.15) is 0 Å². The lowest BCUT2D eigenvalue weighted by molar-refractivity contribution is 0.422. The first-order valence-electron chi connectivity index (χ1n) is 4.25. The zero-order valence-corrected chi connectivity index (χ0v) is 7.74. The zero-order valence-electron chi connectivity index (χ0n) is 7.74. The Kier molecular flexibility index (Phi) is 1.89. The average molecular weight is 173 g/mol. The lowest BCUT2D eigenvalue weighted by Gasteiger charge is -2.01. The van der Waals surface area contributed by atoms with Crippen LogP contribution in [0, 0.1) is 13.8 Å². The Morgan fingerprint density at radius 3 is 2.54 bits per heavy atom. The first kappa shape index (κ1) is 8.05. The SMILES string of the molecule is Cc1ccc(-c2ccon2)cc1C. The van der Waals surface area contributed by atoms with E-state index in [0.717, 1.165) is 11.3 Å². The monoisotopic (exact) mass is 173 g/mol. The summed E-state index contributed by atoms with van der Waals surface area (Å²) in [4.78, 5) is 0. The molecule has 1 aromatic carbocycles. The van der Waals surface area contributed by atoms with Gasteiger partial charge >= 0.3 is 0 Å². The summed E-state index contributed by atoms with van der Waals surface area (Å²) in [6.07, 6.45) is 1.59. The maximum atomic E-state index is 4.79. The summed E-state index contributed by atoms with van der Waals surface area (Å²) in [5.41, 5.74) is 4.58. The Labute approximate surface area is 77.2 Å². The smallest absolute Gasteiger partial charge is 0.124 e. The second-order valence-electron chi connectivity index (χ2n) is 3.18. The maximum Gasteiger partial charge on any atom is 0.124 e. The molecule has 0 spiro atoms. The highest BCUT2D eigenvalue weighted by atomic mass is 16.5. The van der Waals surface area contributed by atoms with E-state index in [1.165, 1.54) is 11.1 Å². The van der Waals surface area contributed by atoms with E-state index < -0.39 is 0 Å².